The Hall–Kier alpha value is -1.74. The molecule has 0 aromatic rings. The van der Waals surface area contributed by atoms with Crippen molar-refractivity contribution in [3.05, 3.63) is 24.3 Å². The van der Waals surface area contributed by atoms with Crippen molar-refractivity contribution < 1.29 is 38.4 Å². The fourth-order valence-corrected chi connectivity index (χ4v) is 6.24. The molecule has 0 aliphatic carbocycles. The summed E-state index contributed by atoms with van der Waals surface area (Å²) in [5.41, 5.74) is 0. The fraction of sp³-hybridized carbons (Fsp3) is 0.870. The SMILES string of the molecule is CCCCCCCC/C=C\CCCCCCCC(=O)OCC1COC(C)(C)O1.CCCCCCCC/C=C\CCCCCCCC(=O)OCCOCCO. The van der Waals surface area contributed by atoms with E-state index in [0.717, 1.165) is 25.7 Å². The van der Waals surface area contributed by atoms with Gasteiger partial charge in [-0.25, -0.2) is 0 Å². The Bertz CT molecular complexity index is 871. The largest absolute Gasteiger partial charge is 0.463 e. The molecule has 0 aromatic heterocycles. The molecule has 1 rings (SSSR count). The van der Waals surface area contributed by atoms with Crippen LogP contribution < -0.4 is 0 Å². The third-order valence-corrected chi connectivity index (χ3v) is 9.51. The first-order valence-corrected chi connectivity index (χ1v) is 22.5. The summed E-state index contributed by atoms with van der Waals surface area (Å²) < 4.78 is 26.5. The summed E-state index contributed by atoms with van der Waals surface area (Å²) in [6, 6.07) is 0. The minimum absolute atomic E-state index is 0.00284. The van der Waals surface area contributed by atoms with Crippen LogP contribution in [0, 0.1) is 0 Å². The number of hydrogen-bond acceptors (Lipinski definition) is 8. The van der Waals surface area contributed by atoms with Crippen LogP contribution in [0.4, 0.5) is 0 Å². The van der Waals surface area contributed by atoms with Crippen LogP contribution in [0.3, 0.4) is 0 Å². The predicted molar refractivity (Wildman–Crippen MR) is 224 cm³/mol. The number of allylic oxidation sites excluding steroid dienone is 4. The van der Waals surface area contributed by atoms with Gasteiger partial charge in [-0.2, -0.15) is 0 Å². The molecule has 1 unspecified atom stereocenters. The summed E-state index contributed by atoms with van der Waals surface area (Å²) in [5.74, 6) is -0.818. The van der Waals surface area contributed by atoms with Crippen molar-refractivity contribution in [3.63, 3.8) is 0 Å². The second-order valence-electron chi connectivity index (χ2n) is 15.4. The Balaban J connectivity index is 0.00000104. The lowest BCUT2D eigenvalue weighted by Crippen LogP contribution is -2.25. The average molecular weight is 767 g/mol. The van der Waals surface area contributed by atoms with Gasteiger partial charge in [-0.3, -0.25) is 9.59 Å². The standard InChI is InChI=1S/C24H44O4.C22H42O4/c1-4-5-6-7-8-9-10-11-12-13-14-15-16-17-18-19-23(25)26-20-22-21-27-24(2,3)28-22;1-2-3-4-5-6-7-8-9-10-11-12-13-14-15-16-17-22(24)26-21-20-25-19-18-23/h11-12,22H,4-10,13-21H2,1-3H3;9-10,23H,2-8,11-21H2,1H3/b12-11-;10-9-. The Morgan fingerprint density at radius 2 is 0.981 bits per heavy atom. The maximum Gasteiger partial charge on any atom is 0.305 e. The van der Waals surface area contributed by atoms with Gasteiger partial charge in [-0.1, -0.05) is 141 Å². The first-order valence-electron chi connectivity index (χ1n) is 22.5. The highest BCUT2D eigenvalue weighted by atomic mass is 16.7. The molecule has 1 fully saturated rings. The quantitative estimate of drug-likeness (QED) is 0.0379. The van der Waals surface area contributed by atoms with E-state index in [1.165, 1.54) is 141 Å². The van der Waals surface area contributed by atoms with Crippen molar-refractivity contribution in [2.45, 2.75) is 219 Å². The van der Waals surface area contributed by atoms with E-state index in [4.69, 9.17) is 28.8 Å². The number of hydrogen-bond donors (Lipinski definition) is 1. The maximum absolute atomic E-state index is 11.8. The lowest BCUT2D eigenvalue weighted by molar-refractivity contribution is -0.158. The van der Waals surface area contributed by atoms with E-state index in [0.29, 0.717) is 39.3 Å². The highest BCUT2D eigenvalue weighted by molar-refractivity contribution is 5.69. The number of unbranched alkanes of at least 4 members (excludes halogenated alkanes) is 22. The van der Waals surface area contributed by atoms with Gasteiger partial charge in [-0.15, -0.1) is 0 Å². The van der Waals surface area contributed by atoms with Gasteiger partial charge in [0.25, 0.3) is 0 Å². The van der Waals surface area contributed by atoms with Crippen molar-refractivity contribution in [2.75, 3.05) is 39.6 Å². The van der Waals surface area contributed by atoms with Gasteiger partial charge in [0.05, 0.1) is 26.4 Å². The third-order valence-electron chi connectivity index (χ3n) is 9.51. The van der Waals surface area contributed by atoms with E-state index >= 15 is 0 Å². The molecule has 0 radical (unpaired) electrons. The Kier molecular flexibility index (Phi) is 39.6. The number of carbonyl (C=O) groups excluding carboxylic acids is 2. The molecule has 318 valence electrons. The Labute approximate surface area is 332 Å². The highest BCUT2D eigenvalue weighted by Crippen LogP contribution is 2.22. The molecular weight excluding hydrogens is 680 g/mol. The summed E-state index contributed by atoms with van der Waals surface area (Å²) in [6.45, 7) is 10.0. The number of aliphatic hydroxyl groups excluding tert-OH is 1. The van der Waals surface area contributed by atoms with E-state index < -0.39 is 5.79 Å². The molecule has 0 amide bonds. The number of carbonyl (C=O) groups is 2. The first kappa shape index (κ1) is 52.3. The summed E-state index contributed by atoms with van der Waals surface area (Å²) in [4.78, 5) is 23.2. The summed E-state index contributed by atoms with van der Waals surface area (Å²) in [6.07, 6.45) is 43.0. The lowest BCUT2D eigenvalue weighted by Gasteiger charge is -2.16. The minimum atomic E-state index is -0.555. The smallest absolute Gasteiger partial charge is 0.305 e. The van der Waals surface area contributed by atoms with Crippen LogP contribution in [0.15, 0.2) is 24.3 Å². The monoisotopic (exact) mass is 767 g/mol. The van der Waals surface area contributed by atoms with Gasteiger partial charge in [0.2, 0.25) is 0 Å². The molecule has 1 saturated heterocycles. The van der Waals surface area contributed by atoms with E-state index in [2.05, 4.69) is 38.2 Å². The zero-order chi connectivity index (χ0) is 39.6. The molecular formula is C46H86O8. The molecule has 0 aromatic carbocycles. The highest BCUT2D eigenvalue weighted by Gasteiger charge is 2.33. The Morgan fingerprint density at radius 1 is 0.574 bits per heavy atom. The number of ether oxygens (including phenoxy) is 5. The van der Waals surface area contributed by atoms with E-state index in [1.54, 1.807) is 0 Å². The summed E-state index contributed by atoms with van der Waals surface area (Å²) in [7, 11) is 0. The van der Waals surface area contributed by atoms with Gasteiger partial charge in [0.15, 0.2) is 5.79 Å². The maximum atomic E-state index is 11.8. The van der Waals surface area contributed by atoms with Crippen molar-refractivity contribution in [3.8, 4) is 0 Å². The normalized spacial score (nSPS) is 15.2. The van der Waals surface area contributed by atoms with Gasteiger partial charge in [0, 0.05) is 12.8 Å². The molecule has 8 heteroatoms. The van der Waals surface area contributed by atoms with Crippen LogP contribution >= 0.6 is 0 Å². The van der Waals surface area contributed by atoms with Crippen molar-refractivity contribution >= 4 is 11.9 Å². The number of esters is 2. The molecule has 0 saturated carbocycles. The molecule has 8 nitrogen and oxygen atoms in total. The second kappa shape index (κ2) is 40.9. The van der Waals surface area contributed by atoms with E-state index in [1.807, 2.05) is 13.8 Å². The number of rotatable bonds is 37. The zero-order valence-corrected chi connectivity index (χ0v) is 35.7. The lowest BCUT2D eigenvalue weighted by atomic mass is 10.1. The Morgan fingerprint density at radius 3 is 1.39 bits per heavy atom. The van der Waals surface area contributed by atoms with Crippen molar-refractivity contribution in [1.29, 1.82) is 0 Å². The summed E-state index contributed by atoms with van der Waals surface area (Å²) in [5, 5.41) is 8.54. The summed E-state index contributed by atoms with van der Waals surface area (Å²) >= 11 is 0. The predicted octanol–water partition coefficient (Wildman–Crippen LogP) is 12.3. The molecule has 0 spiro atoms. The molecule has 54 heavy (non-hydrogen) atoms. The van der Waals surface area contributed by atoms with Crippen LogP contribution in [-0.2, 0) is 33.3 Å². The molecule has 1 aliphatic rings. The van der Waals surface area contributed by atoms with Crippen molar-refractivity contribution in [2.24, 2.45) is 0 Å². The average Bonchev–Trinajstić information content (AvgIpc) is 3.52. The molecule has 1 heterocycles. The molecule has 1 atom stereocenters. The topological polar surface area (TPSA) is 101 Å². The van der Waals surface area contributed by atoms with Crippen LogP contribution in [0.2, 0.25) is 0 Å². The first-order chi connectivity index (χ1) is 26.3. The number of aliphatic hydroxyl groups is 1. The third kappa shape index (κ3) is 39.9. The van der Waals surface area contributed by atoms with Crippen LogP contribution in [-0.4, -0.2) is 68.6 Å². The molecule has 0 bridgehead atoms. The van der Waals surface area contributed by atoms with Gasteiger partial charge in [-0.05, 0) is 78.1 Å². The van der Waals surface area contributed by atoms with Gasteiger partial charge >= 0.3 is 11.9 Å². The van der Waals surface area contributed by atoms with Crippen LogP contribution in [0.1, 0.15) is 207 Å². The fourth-order valence-electron chi connectivity index (χ4n) is 6.24. The second-order valence-corrected chi connectivity index (χ2v) is 15.4. The van der Waals surface area contributed by atoms with Gasteiger partial charge < -0.3 is 28.8 Å². The minimum Gasteiger partial charge on any atom is -0.463 e. The van der Waals surface area contributed by atoms with Crippen LogP contribution in [0.25, 0.3) is 0 Å². The van der Waals surface area contributed by atoms with Gasteiger partial charge in [0.1, 0.15) is 19.3 Å². The van der Waals surface area contributed by atoms with Crippen LogP contribution in [0.5, 0.6) is 0 Å². The molecule has 1 aliphatic heterocycles. The zero-order valence-electron chi connectivity index (χ0n) is 35.7. The molecule has 1 N–H and O–H groups in total. The van der Waals surface area contributed by atoms with E-state index in [-0.39, 0.29) is 31.3 Å². The van der Waals surface area contributed by atoms with Crippen molar-refractivity contribution in [1.82, 2.24) is 0 Å². The van der Waals surface area contributed by atoms with E-state index in [9.17, 15) is 9.59 Å².